The third-order valence-electron chi connectivity index (χ3n) is 2.97. The molecule has 6 heteroatoms. The molecule has 0 bridgehead atoms. The van der Waals surface area contributed by atoms with Gasteiger partial charge in [-0.2, -0.15) is 5.10 Å². The molecular weight excluding hydrogens is 258 g/mol. The number of aryl methyl sites for hydroxylation is 1. The Morgan fingerprint density at radius 3 is 2.85 bits per heavy atom. The molecule has 20 heavy (non-hydrogen) atoms. The van der Waals surface area contributed by atoms with Gasteiger partial charge in [-0.25, -0.2) is 0 Å². The molecule has 3 rings (SSSR count). The van der Waals surface area contributed by atoms with E-state index in [1.54, 1.807) is 36.1 Å². The zero-order valence-electron chi connectivity index (χ0n) is 11.1. The molecule has 0 radical (unpaired) electrons. The molecule has 0 fully saturated rings. The number of ether oxygens (including phenoxy) is 2. The van der Waals surface area contributed by atoms with Crippen LogP contribution >= 0.6 is 0 Å². The van der Waals surface area contributed by atoms with Crippen molar-refractivity contribution in [3.8, 4) is 11.5 Å². The fourth-order valence-electron chi connectivity index (χ4n) is 1.98. The SMILES string of the molecule is Cn1cc(C(=O)Nc2ccc3c(c2)OCCCO3)cn1. The summed E-state index contributed by atoms with van der Waals surface area (Å²) in [4.78, 5) is 12.0. The second-order valence-electron chi connectivity index (χ2n) is 4.57. The zero-order valence-corrected chi connectivity index (χ0v) is 11.1. The van der Waals surface area contributed by atoms with Gasteiger partial charge in [0.1, 0.15) is 0 Å². The van der Waals surface area contributed by atoms with E-state index in [9.17, 15) is 4.79 Å². The highest BCUT2D eigenvalue weighted by Gasteiger charge is 2.13. The van der Waals surface area contributed by atoms with E-state index in [0.29, 0.717) is 36.0 Å². The van der Waals surface area contributed by atoms with E-state index >= 15 is 0 Å². The zero-order chi connectivity index (χ0) is 13.9. The van der Waals surface area contributed by atoms with E-state index < -0.39 is 0 Å². The Kier molecular flexibility index (Phi) is 3.28. The van der Waals surface area contributed by atoms with Crippen molar-refractivity contribution in [3.05, 3.63) is 36.2 Å². The van der Waals surface area contributed by atoms with E-state index in [1.807, 2.05) is 0 Å². The normalized spacial score (nSPS) is 13.7. The van der Waals surface area contributed by atoms with Crippen LogP contribution in [0.2, 0.25) is 0 Å². The van der Waals surface area contributed by atoms with Crippen molar-refractivity contribution in [2.24, 2.45) is 7.05 Å². The lowest BCUT2D eigenvalue weighted by molar-refractivity contribution is 0.102. The Morgan fingerprint density at radius 1 is 1.30 bits per heavy atom. The van der Waals surface area contributed by atoms with Crippen molar-refractivity contribution in [1.29, 1.82) is 0 Å². The van der Waals surface area contributed by atoms with E-state index in [-0.39, 0.29) is 5.91 Å². The lowest BCUT2D eigenvalue weighted by Gasteiger charge is -2.09. The van der Waals surface area contributed by atoms with Crippen molar-refractivity contribution in [1.82, 2.24) is 9.78 Å². The molecule has 6 nitrogen and oxygen atoms in total. The van der Waals surface area contributed by atoms with Crippen molar-refractivity contribution >= 4 is 11.6 Å². The third kappa shape index (κ3) is 2.59. The molecule has 2 heterocycles. The van der Waals surface area contributed by atoms with E-state index in [0.717, 1.165) is 6.42 Å². The van der Waals surface area contributed by atoms with Crippen LogP contribution in [-0.4, -0.2) is 28.9 Å². The van der Waals surface area contributed by atoms with Gasteiger partial charge in [-0.05, 0) is 12.1 Å². The second kappa shape index (κ2) is 5.24. The summed E-state index contributed by atoms with van der Waals surface area (Å²) in [5.74, 6) is 1.17. The summed E-state index contributed by atoms with van der Waals surface area (Å²) in [6.45, 7) is 1.27. The maximum absolute atomic E-state index is 12.0. The molecule has 0 atom stereocenters. The first-order valence-electron chi connectivity index (χ1n) is 6.42. The van der Waals surface area contributed by atoms with Crippen molar-refractivity contribution < 1.29 is 14.3 Å². The highest BCUT2D eigenvalue weighted by atomic mass is 16.5. The molecule has 1 aromatic heterocycles. The van der Waals surface area contributed by atoms with Gasteiger partial charge in [0.05, 0.1) is 25.0 Å². The molecule has 1 aromatic carbocycles. The molecule has 104 valence electrons. The van der Waals surface area contributed by atoms with Gasteiger partial charge in [0.15, 0.2) is 11.5 Å². The van der Waals surface area contributed by atoms with Crippen molar-refractivity contribution in [3.63, 3.8) is 0 Å². The molecule has 2 aromatic rings. The number of anilines is 1. The molecule has 0 saturated carbocycles. The molecule has 1 amide bonds. The number of fused-ring (bicyclic) bond motifs is 1. The lowest BCUT2D eigenvalue weighted by Crippen LogP contribution is -2.11. The monoisotopic (exact) mass is 273 g/mol. The maximum Gasteiger partial charge on any atom is 0.258 e. The van der Waals surface area contributed by atoms with Crippen LogP contribution in [-0.2, 0) is 7.05 Å². The van der Waals surface area contributed by atoms with Crippen LogP contribution in [0.3, 0.4) is 0 Å². The Labute approximate surface area is 116 Å². The number of hydrogen-bond acceptors (Lipinski definition) is 4. The van der Waals surface area contributed by atoms with Gasteiger partial charge in [-0.3, -0.25) is 9.48 Å². The van der Waals surface area contributed by atoms with Crippen LogP contribution in [0.4, 0.5) is 5.69 Å². The van der Waals surface area contributed by atoms with E-state index in [1.165, 1.54) is 6.20 Å². The first kappa shape index (κ1) is 12.5. The van der Waals surface area contributed by atoms with Gasteiger partial charge in [0, 0.05) is 31.4 Å². The first-order valence-corrected chi connectivity index (χ1v) is 6.42. The number of benzene rings is 1. The summed E-state index contributed by atoms with van der Waals surface area (Å²) in [5, 5.41) is 6.79. The quantitative estimate of drug-likeness (QED) is 0.906. The van der Waals surface area contributed by atoms with Crippen LogP contribution in [0.1, 0.15) is 16.8 Å². The van der Waals surface area contributed by atoms with Crippen molar-refractivity contribution in [2.45, 2.75) is 6.42 Å². The maximum atomic E-state index is 12.0. The van der Waals surface area contributed by atoms with Crippen LogP contribution in [0.5, 0.6) is 11.5 Å². The van der Waals surface area contributed by atoms with Crippen LogP contribution in [0, 0.1) is 0 Å². The molecule has 1 N–H and O–H groups in total. The van der Waals surface area contributed by atoms with Crippen LogP contribution in [0.25, 0.3) is 0 Å². The number of amides is 1. The lowest BCUT2D eigenvalue weighted by atomic mass is 10.2. The molecule has 1 aliphatic rings. The Bertz CT molecular complexity index is 636. The summed E-state index contributed by atoms with van der Waals surface area (Å²) in [5.41, 5.74) is 1.18. The summed E-state index contributed by atoms with van der Waals surface area (Å²) in [7, 11) is 1.77. The van der Waals surface area contributed by atoms with Crippen molar-refractivity contribution in [2.75, 3.05) is 18.5 Å². The number of nitrogens with zero attached hydrogens (tertiary/aromatic N) is 2. The summed E-state index contributed by atoms with van der Waals surface area (Å²) in [6, 6.07) is 5.37. The largest absolute Gasteiger partial charge is 0.490 e. The Morgan fingerprint density at radius 2 is 2.10 bits per heavy atom. The molecule has 0 aliphatic carbocycles. The minimum absolute atomic E-state index is 0.201. The summed E-state index contributed by atoms with van der Waals surface area (Å²) >= 11 is 0. The number of nitrogens with one attached hydrogen (secondary N) is 1. The molecule has 0 saturated heterocycles. The fourth-order valence-corrected chi connectivity index (χ4v) is 1.98. The summed E-state index contributed by atoms with van der Waals surface area (Å²) in [6.07, 6.45) is 4.04. The minimum Gasteiger partial charge on any atom is -0.490 e. The average Bonchev–Trinajstić information content (AvgIpc) is 2.74. The Hall–Kier alpha value is -2.50. The smallest absolute Gasteiger partial charge is 0.258 e. The highest BCUT2D eigenvalue weighted by molar-refractivity contribution is 6.04. The number of rotatable bonds is 2. The third-order valence-corrected chi connectivity index (χ3v) is 2.97. The topological polar surface area (TPSA) is 65.4 Å². The van der Waals surface area contributed by atoms with Gasteiger partial charge in [-0.15, -0.1) is 0 Å². The minimum atomic E-state index is -0.201. The van der Waals surface area contributed by atoms with Gasteiger partial charge in [-0.1, -0.05) is 0 Å². The van der Waals surface area contributed by atoms with Gasteiger partial charge in [0.25, 0.3) is 5.91 Å². The second-order valence-corrected chi connectivity index (χ2v) is 4.57. The standard InChI is InChI=1S/C14H15N3O3/c1-17-9-10(8-15-17)14(18)16-11-3-4-12-13(7-11)20-6-2-5-19-12/h3-4,7-9H,2,5-6H2,1H3,(H,16,18). The summed E-state index contributed by atoms with van der Waals surface area (Å²) < 4.78 is 12.7. The molecular formula is C14H15N3O3. The average molecular weight is 273 g/mol. The molecule has 0 unspecified atom stereocenters. The molecule has 1 aliphatic heterocycles. The van der Waals surface area contributed by atoms with E-state index in [2.05, 4.69) is 10.4 Å². The van der Waals surface area contributed by atoms with E-state index in [4.69, 9.17) is 9.47 Å². The van der Waals surface area contributed by atoms with Crippen LogP contribution in [0.15, 0.2) is 30.6 Å². The predicted octanol–water partition coefficient (Wildman–Crippen LogP) is 1.83. The number of aromatic nitrogens is 2. The first-order chi connectivity index (χ1) is 9.72. The number of hydrogen-bond donors (Lipinski definition) is 1. The van der Waals surface area contributed by atoms with Gasteiger partial charge >= 0.3 is 0 Å². The molecule has 0 spiro atoms. The van der Waals surface area contributed by atoms with Gasteiger partial charge < -0.3 is 14.8 Å². The highest BCUT2D eigenvalue weighted by Crippen LogP contribution is 2.32. The predicted molar refractivity (Wildman–Crippen MR) is 73.2 cm³/mol. The fraction of sp³-hybridized carbons (Fsp3) is 0.286. The van der Waals surface area contributed by atoms with Crippen LogP contribution < -0.4 is 14.8 Å². The number of carbonyl (C=O) groups is 1. The number of carbonyl (C=O) groups excluding carboxylic acids is 1. The van der Waals surface area contributed by atoms with Gasteiger partial charge in [0.2, 0.25) is 0 Å². The Balaban J connectivity index is 1.77.